The Morgan fingerprint density at radius 2 is 1.56 bits per heavy atom. The van der Waals surface area contributed by atoms with Gasteiger partial charge in [-0.25, -0.2) is 4.79 Å². The summed E-state index contributed by atoms with van der Waals surface area (Å²) in [5, 5.41) is 8.47. The van der Waals surface area contributed by atoms with Crippen LogP contribution in [0.4, 0.5) is 4.79 Å². The monoisotopic (exact) mass is 384 g/mol. The average Bonchev–Trinajstić information content (AvgIpc) is 3.11. The Morgan fingerprint density at radius 1 is 0.963 bits per heavy atom. The van der Waals surface area contributed by atoms with Crippen LogP contribution in [0.1, 0.15) is 96.8 Å². The summed E-state index contributed by atoms with van der Waals surface area (Å²) < 4.78 is 15.6. The largest absolute Gasteiger partial charge is 0.505 e. The number of carbonyl (C=O) groups is 1. The van der Waals surface area contributed by atoms with Gasteiger partial charge in [-0.2, -0.15) is 0 Å². The molecule has 0 saturated carbocycles. The zero-order valence-electron chi connectivity index (χ0n) is 17.2. The summed E-state index contributed by atoms with van der Waals surface area (Å²) in [5.41, 5.74) is 0. The molecule has 5 nitrogen and oxygen atoms in total. The molecule has 1 aliphatic rings. The summed E-state index contributed by atoms with van der Waals surface area (Å²) in [6, 6.07) is 0. The molecule has 0 aromatic heterocycles. The molecule has 0 spiro atoms. The molecule has 2 unspecified atom stereocenters. The molecule has 1 heterocycles. The highest BCUT2D eigenvalue weighted by Crippen LogP contribution is 2.18. The molecule has 1 N–H and O–H groups in total. The molecule has 0 aliphatic carbocycles. The molecule has 0 radical (unpaired) electrons. The molecular weight excluding hydrogens is 344 g/mol. The summed E-state index contributed by atoms with van der Waals surface area (Å²) >= 11 is 0. The quantitative estimate of drug-likeness (QED) is 0.177. The first-order valence-electron chi connectivity index (χ1n) is 11.0. The van der Waals surface area contributed by atoms with Crippen molar-refractivity contribution in [2.45, 2.75) is 109 Å². The van der Waals surface area contributed by atoms with Crippen LogP contribution in [-0.2, 0) is 14.2 Å². The maximum Gasteiger partial charge on any atom is 0.505 e. The molecule has 0 bridgehead atoms. The van der Waals surface area contributed by atoms with E-state index >= 15 is 0 Å². The summed E-state index contributed by atoms with van der Waals surface area (Å²) in [6.07, 6.45) is 20.6. The second-order valence-electron chi connectivity index (χ2n) is 7.47. The molecule has 27 heavy (non-hydrogen) atoms. The summed E-state index contributed by atoms with van der Waals surface area (Å²) in [6.45, 7) is 2.74. The number of ether oxygens (including phenoxy) is 3. The second-order valence-corrected chi connectivity index (χ2v) is 7.47. The Labute approximate surface area is 165 Å². The topological polar surface area (TPSA) is 65.0 Å². The number of unbranched alkanes of at least 4 members (excludes halogenated alkanes) is 11. The van der Waals surface area contributed by atoms with Gasteiger partial charge in [0.2, 0.25) is 0 Å². The lowest BCUT2D eigenvalue weighted by atomic mass is 10.1. The number of allylic oxidation sites excluding steroid dienone is 2. The Balaban J connectivity index is 1.80. The minimum atomic E-state index is -1.26. The molecule has 158 valence electrons. The fourth-order valence-electron chi connectivity index (χ4n) is 3.29. The fourth-order valence-corrected chi connectivity index (χ4v) is 3.29. The molecular formula is C22H40O5. The van der Waals surface area contributed by atoms with Gasteiger partial charge in [-0.15, -0.1) is 0 Å². The van der Waals surface area contributed by atoms with E-state index in [1.54, 1.807) is 0 Å². The highest BCUT2D eigenvalue weighted by Gasteiger charge is 2.26. The molecule has 1 fully saturated rings. The normalized spacial score (nSPS) is 19.7. The van der Waals surface area contributed by atoms with E-state index in [1.807, 2.05) is 0 Å². The van der Waals surface area contributed by atoms with Crippen LogP contribution in [-0.4, -0.2) is 36.9 Å². The van der Waals surface area contributed by atoms with Crippen molar-refractivity contribution in [3.05, 3.63) is 12.2 Å². The maximum atomic E-state index is 10.3. The van der Waals surface area contributed by atoms with Crippen molar-refractivity contribution in [1.29, 1.82) is 0 Å². The van der Waals surface area contributed by atoms with Crippen LogP contribution < -0.4 is 0 Å². The first kappa shape index (κ1) is 24.0. The first-order valence-corrected chi connectivity index (χ1v) is 11.0. The summed E-state index contributed by atoms with van der Waals surface area (Å²) in [5.74, 6) is 0. The van der Waals surface area contributed by atoms with Crippen LogP contribution in [0.25, 0.3) is 0 Å². The molecule has 2 atom stereocenters. The molecule has 0 aromatic rings. The third-order valence-corrected chi connectivity index (χ3v) is 4.91. The van der Waals surface area contributed by atoms with E-state index in [0.29, 0.717) is 6.61 Å². The van der Waals surface area contributed by atoms with Crippen LogP contribution >= 0.6 is 0 Å². The van der Waals surface area contributed by atoms with E-state index in [-0.39, 0.29) is 19.0 Å². The lowest BCUT2D eigenvalue weighted by Crippen LogP contribution is -2.20. The predicted octanol–water partition coefficient (Wildman–Crippen LogP) is 6.46. The number of hydrogen-bond acceptors (Lipinski definition) is 4. The van der Waals surface area contributed by atoms with Gasteiger partial charge < -0.3 is 19.3 Å². The Hall–Kier alpha value is -1.07. The van der Waals surface area contributed by atoms with E-state index in [0.717, 1.165) is 12.8 Å². The smallest absolute Gasteiger partial charge is 0.450 e. The van der Waals surface area contributed by atoms with E-state index < -0.39 is 6.16 Å². The van der Waals surface area contributed by atoms with E-state index in [1.165, 1.54) is 77.0 Å². The summed E-state index contributed by atoms with van der Waals surface area (Å²) in [4.78, 5) is 10.3. The van der Waals surface area contributed by atoms with E-state index in [4.69, 9.17) is 14.6 Å². The van der Waals surface area contributed by atoms with Crippen molar-refractivity contribution in [2.24, 2.45) is 0 Å². The SMILES string of the molecule is CCCCCCCC/C=C\CCCCCCCC1OCC(COC(=O)O)O1. The van der Waals surface area contributed by atoms with Crippen molar-refractivity contribution in [1.82, 2.24) is 0 Å². The number of hydrogen-bond donors (Lipinski definition) is 1. The molecule has 0 aromatic carbocycles. The zero-order valence-corrected chi connectivity index (χ0v) is 17.2. The fraction of sp³-hybridized carbons (Fsp3) is 0.864. The molecule has 1 aliphatic heterocycles. The van der Waals surface area contributed by atoms with Crippen LogP contribution in [0.5, 0.6) is 0 Å². The van der Waals surface area contributed by atoms with Gasteiger partial charge in [0.25, 0.3) is 0 Å². The van der Waals surface area contributed by atoms with Gasteiger partial charge in [0, 0.05) is 0 Å². The number of carboxylic acid groups (broad SMARTS) is 1. The van der Waals surface area contributed by atoms with Crippen molar-refractivity contribution in [3.63, 3.8) is 0 Å². The standard InChI is InChI=1S/C22H40O5/c1-2-3-4-5-6-7-8-9-10-11-12-13-14-15-16-17-21-25-18-20(27-21)19-26-22(23)24/h9-10,20-21H,2-8,11-19H2,1H3,(H,23,24)/b10-9-. The van der Waals surface area contributed by atoms with Crippen LogP contribution in [0.15, 0.2) is 12.2 Å². The minimum Gasteiger partial charge on any atom is -0.450 e. The van der Waals surface area contributed by atoms with Gasteiger partial charge in [0.05, 0.1) is 6.61 Å². The molecule has 1 rings (SSSR count). The van der Waals surface area contributed by atoms with Crippen molar-refractivity contribution in [3.8, 4) is 0 Å². The van der Waals surface area contributed by atoms with Crippen molar-refractivity contribution < 1.29 is 24.1 Å². The maximum absolute atomic E-state index is 10.3. The highest BCUT2D eigenvalue weighted by molar-refractivity contribution is 5.56. The molecule has 1 saturated heterocycles. The predicted molar refractivity (Wildman–Crippen MR) is 108 cm³/mol. The van der Waals surface area contributed by atoms with Crippen molar-refractivity contribution >= 4 is 6.16 Å². The van der Waals surface area contributed by atoms with Crippen LogP contribution in [0, 0.1) is 0 Å². The van der Waals surface area contributed by atoms with Gasteiger partial charge in [-0.05, 0) is 38.5 Å². The van der Waals surface area contributed by atoms with Gasteiger partial charge in [-0.1, -0.05) is 70.4 Å². The zero-order chi connectivity index (χ0) is 19.6. The van der Waals surface area contributed by atoms with Gasteiger partial charge in [0.15, 0.2) is 6.29 Å². The van der Waals surface area contributed by atoms with Crippen molar-refractivity contribution in [2.75, 3.05) is 13.2 Å². The Kier molecular flexibility index (Phi) is 15.1. The Bertz CT molecular complexity index is 383. The van der Waals surface area contributed by atoms with E-state index in [2.05, 4.69) is 23.8 Å². The van der Waals surface area contributed by atoms with Gasteiger partial charge in [-0.3, -0.25) is 0 Å². The van der Waals surface area contributed by atoms with Gasteiger partial charge in [0.1, 0.15) is 12.7 Å². The summed E-state index contributed by atoms with van der Waals surface area (Å²) in [7, 11) is 0. The lowest BCUT2D eigenvalue weighted by Gasteiger charge is -2.10. The second kappa shape index (κ2) is 17.1. The molecule has 0 amide bonds. The third kappa shape index (κ3) is 14.6. The molecule has 5 heteroatoms. The van der Waals surface area contributed by atoms with E-state index in [9.17, 15) is 4.79 Å². The Morgan fingerprint density at radius 3 is 2.19 bits per heavy atom. The highest BCUT2D eigenvalue weighted by atomic mass is 16.7. The average molecular weight is 385 g/mol. The first-order chi connectivity index (χ1) is 13.2. The lowest BCUT2D eigenvalue weighted by molar-refractivity contribution is -0.0727. The van der Waals surface area contributed by atoms with Crippen LogP contribution in [0.2, 0.25) is 0 Å². The van der Waals surface area contributed by atoms with Crippen LogP contribution in [0.3, 0.4) is 0 Å². The van der Waals surface area contributed by atoms with Gasteiger partial charge >= 0.3 is 6.16 Å². The third-order valence-electron chi connectivity index (χ3n) is 4.91. The number of rotatable bonds is 17. The minimum absolute atomic E-state index is 0.0538.